The summed E-state index contributed by atoms with van der Waals surface area (Å²) in [5.74, 6) is -0.396. The summed E-state index contributed by atoms with van der Waals surface area (Å²) >= 11 is 1.47. The summed E-state index contributed by atoms with van der Waals surface area (Å²) in [7, 11) is 3.51. The number of rotatable bonds is 10. The fourth-order valence-corrected chi connectivity index (χ4v) is 7.33. The summed E-state index contributed by atoms with van der Waals surface area (Å²) in [5.41, 5.74) is 4.96. The molecule has 250 valence electrons. The van der Waals surface area contributed by atoms with E-state index in [-0.39, 0.29) is 35.8 Å². The molecule has 1 aromatic carbocycles. The Morgan fingerprint density at radius 3 is 2.58 bits per heavy atom. The first-order valence-corrected chi connectivity index (χ1v) is 16.7. The molecule has 4 aromatic rings. The number of anilines is 1. The van der Waals surface area contributed by atoms with Crippen LogP contribution in [-0.2, 0) is 25.6 Å². The summed E-state index contributed by atoms with van der Waals surface area (Å²) in [6.45, 7) is 14.4. The van der Waals surface area contributed by atoms with Gasteiger partial charge < -0.3 is 19.3 Å². The number of carbonyl (C=O) groups is 2. The van der Waals surface area contributed by atoms with Crippen LogP contribution in [0.1, 0.15) is 31.1 Å². The third-order valence-corrected chi connectivity index (χ3v) is 9.80. The van der Waals surface area contributed by atoms with Gasteiger partial charge in [-0.3, -0.25) is 19.2 Å². The van der Waals surface area contributed by atoms with Crippen LogP contribution in [-0.4, -0.2) is 89.9 Å². The highest BCUT2D eigenvalue weighted by atomic mass is 32.1. The van der Waals surface area contributed by atoms with Gasteiger partial charge in [0.2, 0.25) is 11.8 Å². The van der Waals surface area contributed by atoms with E-state index in [2.05, 4.69) is 13.2 Å². The van der Waals surface area contributed by atoms with Gasteiger partial charge in [0.15, 0.2) is 0 Å². The molecule has 2 amide bonds. The highest BCUT2D eigenvalue weighted by Crippen LogP contribution is 2.44. The molecule has 10 nitrogen and oxygen atoms in total. The molecule has 48 heavy (non-hydrogen) atoms. The van der Waals surface area contributed by atoms with Gasteiger partial charge in [-0.1, -0.05) is 25.3 Å². The van der Waals surface area contributed by atoms with E-state index in [1.54, 1.807) is 16.9 Å². The fraction of sp³-hybridized carbons (Fsp3) is 0.333. The molecule has 0 spiro atoms. The molecule has 2 aliphatic heterocycles. The molecule has 12 heteroatoms. The van der Waals surface area contributed by atoms with Crippen molar-refractivity contribution in [1.82, 2.24) is 24.6 Å². The van der Waals surface area contributed by atoms with Gasteiger partial charge in [-0.15, -0.1) is 11.3 Å². The van der Waals surface area contributed by atoms with Crippen LogP contribution in [0.3, 0.4) is 0 Å². The molecule has 1 saturated heterocycles. The zero-order valence-corrected chi connectivity index (χ0v) is 28.5. The first-order valence-electron chi connectivity index (χ1n) is 15.8. The summed E-state index contributed by atoms with van der Waals surface area (Å²) in [5, 5.41) is 7.75. The van der Waals surface area contributed by atoms with Crippen molar-refractivity contribution >= 4 is 44.5 Å². The van der Waals surface area contributed by atoms with Gasteiger partial charge in [0.05, 0.1) is 42.7 Å². The number of aromatic nitrogens is 3. The molecule has 0 saturated carbocycles. The van der Waals surface area contributed by atoms with Crippen molar-refractivity contribution in [3.8, 4) is 22.6 Å². The molecule has 1 atom stereocenters. The van der Waals surface area contributed by atoms with Crippen molar-refractivity contribution in [3.05, 3.63) is 83.9 Å². The van der Waals surface area contributed by atoms with Gasteiger partial charge in [0, 0.05) is 53.6 Å². The number of ether oxygens (including phenoxy) is 2. The number of likely N-dealkylation sites (N-methyl/N-ethyl adjacent to an activating group) is 1. The average Bonchev–Trinajstić information content (AvgIpc) is 3.74. The number of fused-ring (bicyclic) bond motifs is 2. The molecule has 5 heterocycles. The van der Waals surface area contributed by atoms with E-state index in [0.29, 0.717) is 55.4 Å². The van der Waals surface area contributed by atoms with E-state index in [1.807, 2.05) is 65.3 Å². The Hall–Kier alpha value is -4.65. The molecule has 0 bridgehead atoms. The zero-order chi connectivity index (χ0) is 34.1. The number of benzene rings is 1. The van der Waals surface area contributed by atoms with Crippen molar-refractivity contribution in [1.29, 1.82) is 0 Å². The Balaban J connectivity index is 1.51. The first-order chi connectivity index (χ1) is 23.1. The number of hydrogen-bond acceptors (Lipinski definition) is 8. The van der Waals surface area contributed by atoms with Crippen LogP contribution in [0.25, 0.3) is 38.3 Å². The Bertz CT molecular complexity index is 1930. The summed E-state index contributed by atoms with van der Waals surface area (Å²) in [6.07, 6.45) is 1.32. The number of methoxy groups -OCH3 is 1. The van der Waals surface area contributed by atoms with Gasteiger partial charge in [-0.2, -0.15) is 5.10 Å². The second kappa shape index (κ2) is 13.8. The van der Waals surface area contributed by atoms with Gasteiger partial charge in [0.1, 0.15) is 29.6 Å². The number of thiophene rings is 1. The van der Waals surface area contributed by atoms with Gasteiger partial charge >= 0.3 is 0 Å². The molecule has 0 N–H and O–H groups in total. The zero-order valence-electron chi connectivity index (χ0n) is 27.7. The summed E-state index contributed by atoms with van der Waals surface area (Å²) in [4.78, 5) is 36.2. The van der Waals surface area contributed by atoms with Crippen LogP contribution in [0.15, 0.2) is 72.6 Å². The van der Waals surface area contributed by atoms with Crippen LogP contribution in [0.5, 0.6) is 0 Å². The van der Waals surface area contributed by atoms with Crippen LogP contribution < -0.4 is 4.90 Å². The maximum absolute atomic E-state index is 15.7. The maximum atomic E-state index is 15.7. The lowest BCUT2D eigenvalue weighted by atomic mass is 9.96. The molecule has 0 unspecified atom stereocenters. The van der Waals surface area contributed by atoms with Crippen molar-refractivity contribution in [2.24, 2.45) is 0 Å². The van der Waals surface area contributed by atoms with Gasteiger partial charge in [0.25, 0.3) is 0 Å². The van der Waals surface area contributed by atoms with Gasteiger partial charge in [-0.25, -0.2) is 9.37 Å². The predicted molar refractivity (Wildman–Crippen MR) is 187 cm³/mol. The third kappa shape index (κ3) is 6.18. The van der Waals surface area contributed by atoms with E-state index in [0.717, 1.165) is 33.6 Å². The maximum Gasteiger partial charge on any atom is 0.246 e. The molecule has 3 aromatic heterocycles. The smallest absolute Gasteiger partial charge is 0.246 e. The molecular weight excluding hydrogens is 631 g/mol. The van der Waals surface area contributed by atoms with E-state index in [1.165, 1.54) is 24.3 Å². The van der Waals surface area contributed by atoms with Crippen molar-refractivity contribution in [2.75, 3.05) is 58.5 Å². The topological polar surface area (TPSA) is 93.0 Å². The quantitative estimate of drug-likeness (QED) is 0.0875. The molecule has 0 aliphatic carbocycles. The molecule has 0 radical (unpaired) electrons. The van der Waals surface area contributed by atoms with Crippen LogP contribution in [0, 0.1) is 0 Å². The van der Waals surface area contributed by atoms with E-state index < -0.39 is 5.83 Å². The lowest BCUT2D eigenvalue weighted by Crippen LogP contribution is -2.48. The number of nitrogens with zero attached hydrogens (tertiary/aromatic N) is 6. The minimum atomic E-state index is -0.468. The normalized spacial score (nSPS) is 17.4. The number of allylic oxidation sites excluding steroid dienone is 2. The SMILES string of the molecule is C=CC(=O)N1CCn2nc(-c3nc(-c4ccc(N5CCN(C)CC5=O)cc4)c4ccsc4c3C(C(=C)OCCOC)=C(C)F)cc2[C@H]1C. The average molecular weight is 671 g/mol. The molecule has 1 fully saturated rings. The monoisotopic (exact) mass is 670 g/mol. The van der Waals surface area contributed by atoms with Crippen LogP contribution in [0.2, 0.25) is 0 Å². The second-order valence-corrected chi connectivity index (χ2v) is 12.9. The summed E-state index contributed by atoms with van der Waals surface area (Å²) in [6, 6.07) is 11.5. The van der Waals surface area contributed by atoms with Gasteiger partial charge in [-0.05, 0) is 56.6 Å². The van der Waals surface area contributed by atoms with Crippen molar-refractivity contribution in [3.63, 3.8) is 0 Å². The Kier molecular flexibility index (Phi) is 9.58. The number of pyridine rings is 1. The molecule has 2 aliphatic rings. The second-order valence-electron chi connectivity index (χ2n) is 11.9. The Morgan fingerprint density at radius 2 is 1.90 bits per heavy atom. The van der Waals surface area contributed by atoms with Crippen LogP contribution in [0.4, 0.5) is 10.1 Å². The number of amides is 2. The Labute approximate surface area is 283 Å². The molecule has 6 rings (SSSR count). The van der Waals surface area contributed by atoms with E-state index >= 15 is 4.39 Å². The lowest BCUT2D eigenvalue weighted by Gasteiger charge is -2.33. The van der Waals surface area contributed by atoms with Crippen molar-refractivity contribution < 1.29 is 23.5 Å². The number of carbonyl (C=O) groups excluding carboxylic acids is 2. The van der Waals surface area contributed by atoms with E-state index in [4.69, 9.17) is 19.6 Å². The molecular formula is C36H39FN6O4S. The minimum Gasteiger partial charge on any atom is -0.491 e. The van der Waals surface area contributed by atoms with Crippen LogP contribution >= 0.6 is 11.3 Å². The Morgan fingerprint density at radius 1 is 1.12 bits per heavy atom. The minimum absolute atomic E-state index is 0.0571. The van der Waals surface area contributed by atoms with E-state index in [9.17, 15) is 9.59 Å². The standard InChI is InChI=1S/C36H39FN6O4S/c1-7-30(44)41-15-16-43-29(23(41)3)20-28(39-43)35-33(32(22(2)37)24(4)47-18-17-46-6)36-27(12-19-48-36)34(38-35)25-8-10-26(11-9-25)42-14-13-40(5)21-31(42)45/h7-12,19-20,23H,1,4,13-18,21H2,2-3,5-6H3/t23-/m1/s1. The highest BCUT2D eigenvalue weighted by Gasteiger charge is 2.31. The largest absolute Gasteiger partial charge is 0.491 e. The first kappa shape index (κ1) is 33.3. The third-order valence-electron chi connectivity index (χ3n) is 8.87. The summed E-state index contributed by atoms with van der Waals surface area (Å²) < 4.78 is 29.4. The number of piperazine rings is 1. The highest BCUT2D eigenvalue weighted by molar-refractivity contribution is 7.17. The number of hydrogen-bond donors (Lipinski definition) is 0. The van der Waals surface area contributed by atoms with Crippen molar-refractivity contribution in [2.45, 2.75) is 26.4 Å². The lowest BCUT2D eigenvalue weighted by molar-refractivity contribution is -0.129. The fourth-order valence-electron chi connectivity index (χ4n) is 6.39. The number of halogens is 1. The predicted octanol–water partition coefficient (Wildman–Crippen LogP) is 6.07.